The number of pyridine rings is 1. The highest BCUT2D eigenvalue weighted by molar-refractivity contribution is 6.29. The lowest BCUT2D eigenvalue weighted by Gasteiger charge is -2.11. The predicted octanol–water partition coefficient (Wildman–Crippen LogP) is 3.22. The first-order chi connectivity index (χ1) is 8.52. The van der Waals surface area contributed by atoms with Gasteiger partial charge in [0, 0.05) is 17.8 Å². The van der Waals surface area contributed by atoms with Crippen LogP contribution in [-0.2, 0) is 6.42 Å². The molecule has 4 heteroatoms. The van der Waals surface area contributed by atoms with Gasteiger partial charge in [0.2, 0.25) is 0 Å². The summed E-state index contributed by atoms with van der Waals surface area (Å²) in [6, 6.07) is 3.46. The molecule has 1 aliphatic carbocycles. The normalized spacial score (nSPS) is 16.4. The Labute approximate surface area is 113 Å². The number of hydrogen-bond acceptors (Lipinski definition) is 2. The van der Waals surface area contributed by atoms with Crippen molar-refractivity contribution >= 4 is 17.5 Å². The number of halogens is 1. The molecular weight excluding hydrogens is 248 g/mol. The molecule has 0 spiro atoms. The Morgan fingerprint density at radius 1 is 1.50 bits per heavy atom. The van der Waals surface area contributed by atoms with E-state index in [9.17, 15) is 4.79 Å². The molecule has 2 rings (SSSR count). The molecule has 1 aromatic rings. The van der Waals surface area contributed by atoms with Crippen LogP contribution in [0.15, 0.2) is 12.1 Å². The summed E-state index contributed by atoms with van der Waals surface area (Å²) in [7, 11) is 0. The summed E-state index contributed by atoms with van der Waals surface area (Å²) in [5, 5.41) is 3.36. The molecule has 1 amide bonds. The number of nitrogens with one attached hydrogen (secondary N) is 1. The van der Waals surface area contributed by atoms with Crippen molar-refractivity contribution in [3.8, 4) is 0 Å². The molecule has 1 heterocycles. The van der Waals surface area contributed by atoms with Crippen LogP contribution in [0.5, 0.6) is 0 Å². The number of amides is 1. The number of nitrogens with zero attached hydrogens (tertiary/aromatic N) is 1. The molecule has 0 saturated heterocycles. The highest BCUT2D eigenvalue weighted by Gasteiger charge is 2.37. The van der Waals surface area contributed by atoms with Crippen molar-refractivity contribution in [2.45, 2.75) is 39.5 Å². The molecule has 0 atom stereocenters. The second kappa shape index (κ2) is 5.27. The lowest BCUT2D eigenvalue weighted by atomic mass is 10.1. The van der Waals surface area contributed by atoms with E-state index in [-0.39, 0.29) is 5.91 Å². The summed E-state index contributed by atoms with van der Waals surface area (Å²) in [6.45, 7) is 5.01. The number of aromatic nitrogens is 1. The third kappa shape index (κ3) is 3.45. The molecule has 0 aliphatic heterocycles. The molecule has 1 fully saturated rings. The first-order valence-corrected chi connectivity index (χ1v) is 6.85. The fraction of sp³-hybridized carbons (Fsp3) is 0.571. The Morgan fingerprint density at radius 3 is 2.83 bits per heavy atom. The smallest absolute Gasteiger partial charge is 0.251 e. The van der Waals surface area contributed by atoms with Crippen molar-refractivity contribution in [2.24, 2.45) is 5.41 Å². The standard InChI is InChI=1S/C14H19ClN2O/c1-3-4-11-7-10(8-12(15)17-11)13(18)16-9-14(2)5-6-14/h7-8H,3-6,9H2,1-2H3,(H,16,18). The molecule has 18 heavy (non-hydrogen) atoms. The van der Waals surface area contributed by atoms with Crippen LogP contribution in [0.2, 0.25) is 5.15 Å². The third-order valence-corrected chi connectivity index (χ3v) is 3.59. The van der Waals surface area contributed by atoms with Gasteiger partial charge in [-0.3, -0.25) is 4.79 Å². The zero-order valence-electron chi connectivity index (χ0n) is 10.9. The van der Waals surface area contributed by atoms with Gasteiger partial charge in [0.1, 0.15) is 5.15 Å². The van der Waals surface area contributed by atoms with Gasteiger partial charge < -0.3 is 5.32 Å². The van der Waals surface area contributed by atoms with Crippen LogP contribution in [0, 0.1) is 5.41 Å². The van der Waals surface area contributed by atoms with Crippen LogP contribution in [0.1, 0.15) is 49.2 Å². The van der Waals surface area contributed by atoms with Gasteiger partial charge in [0.15, 0.2) is 0 Å². The minimum atomic E-state index is -0.0511. The Balaban J connectivity index is 2.04. The van der Waals surface area contributed by atoms with Crippen molar-refractivity contribution in [3.05, 3.63) is 28.5 Å². The van der Waals surface area contributed by atoms with Gasteiger partial charge in [-0.1, -0.05) is 31.9 Å². The molecule has 0 aromatic carbocycles. The SMILES string of the molecule is CCCc1cc(C(=O)NCC2(C)CC2)cc(Cl)n1. The zero-order valence-corrected chi connectivity index (χ0v) is 11.7. The third-order valence-electron chi connectivity index (χ3n) is 3.39. The van der Waals surface area contributed by atoms with Crippen LogP contribution in [-0.4, -0.2) is 17.4 Å². The van der Waals surface area contributed by atoms with E-state index >= 15 is 0 Å². The number of carbonyl (C=O) groups is 1. The number of carbonyl (C=O) groups excluding carboxylic acids is 1. The van der Waals surface area contributed by atoms with E-state index in [1.807, 2.05) is 6.07 Å². The number of hydrogen-bond donors (Lipinski definition) is 1. The van der Waals surface area contributed by atoms with Crippen molar-refractivity contribution in [3.63, 3.8) is 0 Å². The van der Waals surface area contributed by atoms with Crippen LogP contribution in [0.25, 0.3) is 0 Å². The minimum Gasteiger partial charge on any atom is -0.351 e. The van der Waals surface area contributed by atoms with Gasteiger partial charge in [0.05, 0.1) is 0 Å². The molecule has 1 saturated carbocycles. The number of aryl methyl sites for hydroxylation is 1. The maximum absolute atomic E-state index is 12.0. The summed E-state index contributed by atoms with van der Waals surface area (Å²) < 4.78 is 0. The zero-order chi connectivity index (χ0) is 13.2. The van der Waals surface area contributed by atoms with E-state index < -0.39 is 0 Å². The van der Waals surface area contributed by atoms with Gasteiger partial charge >= 0.3 is 0 Å². The lowest BCUT2D eigenvalue weighted by Crippen LogP contribution is -2.29. The molecule has 0 radical (unpaired) electrons. The van der Waals surface area contributed by atoms with Gasteiger partial charge in [-0.05, 0) is 36.8 Å². The van der Waals surface area contributed by atoms with Crippen LogP contribution in [0.4, 0.5) is 0 Å². The van der Waals surface area contributed by atoms with Crippen molar-refractivity contribution in [1.29, 1.82) is 0 Å². The van der Waals surface area contributed by atoms with E-state index in [0.717, 1.165) is 25.1 Å². The van der Waals surface area contributed by atoms with E-state index in [1.165, 1.54) is 12.8 Å². The predicted molar refractivity (Wildman–Crippen MR) is 72.9 cm³/mol. The first kappa shape index (κ1) is 13.3. The molecule has 0 bridgehead atoms. The Hall–Kier alpha value is -1.09. The molecule has 0 unspecified atom stereocenters. The summed E-state index contributed by atoms with van der Waals surface area (Å²) in [5.41, 5.74) is 1.81. The Kier molecular flexibility index (Phi) is 3.91. The summed E-state index contributed by atoms with van der Waals surface area (Å²) >= 11 is 5.94. The minimum absolute atomic E-state index is 0.0511. The lowest BCUT2D eigenvalue weighted by molar-refractivity contribution is 0.0946. The van der Waals surface area contributed by atoms with Crippen molar-refractivity contribution < 1.29 is 4.79 Å². The molecule has 1 N–H and O–H groups in total. The highest BCUT2D eigenvalue weighted by Crippen LogP contribution is 2.44. The molecule has 3 nitrogen and oxygen atoms in total. The Bertz CT molecular complexity index is 455. The molecule has 98 valence electrons. The van der Waals surface area contributed by atoms with E-state index in [1.54, 1.807) is 6.07 Å². The summed E-state index contributed by atoms with van der Waals surface area (Å²) in [6.07, 6.45) is 4.24. The highest BCUT2D eigenvalue weighted by atomic mass is 35.5. The van der Waals surface area contributed by atoms with Gasteiger partial charge in [-0.2, -0.15) is 0 Å². The fourth-order valence-corrected chi connectivity index (χ4v) is 2.08. The molecular formula is C14H19ClN2O. The van der Waals surface area contributed by atoms with Gasteiger partial charge in [-0.25, -0.2) is 4.98 Å². The van der Waals surface area contributed by atoms with Gasteiger partial charge in [-0.15, -0.1) is 0 Å². The van der Waals surface area contributed by atoms with Crippen LogP contribution >= 0.6 is 11.6 Å². The van der Waals surface area contributed by atoms with E-state index in [4.69, 9.17) is 11.6 Å². The number of rotatable bonds is 5. The maximum Gasteiger partial charge on any atom is 0.251 e. The van der Waals surface area contributed by atoms with Crippen LogP contribution < -0.4 is 5.32 Å². The monoisotopic (exact) mass is 266 g/mol. The molecule has 1 aromatic heterocycles. The topological polar surface area (TPSA) is 42.0 Å². The fourth-order valence-electron chi connectivity index (χ4n) is 1.85. The molecule has 1 aliphatic rings. The van der Waals surface area contributed by atoms with Crippen LogP contribution in [0.3, 0.4) is 0 Å². The average Bonchev–Trinajstić information content (AvgIpc) is 3.05. The quantitative estimate of drug-likeness (QED) is 0.832. The Morgan fingerprint density at radius 2 is 2.22 bits per heavy atom. The van der Waals surface area contributed by atoms with Gasteiger partial charge in [0.25, 0.3) is 5.91 Å². The van der Waals surface area contributed by atoms with E-state index in [2.05, 4.69) is 24.1 Å². The average molecular weight is 267 g/mol. The first-order valence-electron chi connectivity index (χ1n) is 6.47. The maximum atomic E-state index is 12.0. The van der Waals surface area contributed by atoms with Crippen molar-refractivity contribution in [2.75, 3.05) is 6.54 Å². The summed E-state index contributed by atoms with van der Waals surface area (Å²) in [5.74, 6) is -0.0511. The summed E-state index contributed by atoms with van der Waals surface area (Å²) in [4.78, 5) is 16.2. The second-order valence-electron chi connectivity index (χ2n) is 5.41. The van der Waals surface area contributed by atoms with Crippen molar-refractivity contribution in [1.82, 2.24) is 10.3 Å². The van der Waals surface area contributed by atoms with E-state index in [0.29, 0.717) is 16.1 Å². The largest absolute Gasteiger partial charge is 0.351 e. The second-order valence-corrected chi connectivity index (χ2v) is 5.80.